The Labute approximate surface area is 136 Å². The Kier molecular flexibility index (Phi) is 8.31. The van der Waals surface area contributed by atoms with Gasteiger partial charge in [0.1, 0.15) is 0 Å². The van der Waals surface area contributed by atoms with Crippen LogP contribution in [0.3, 0.4) is 0 Å². The first kappa shape index (κ1) is 18.0. The molecule has 0 amide bonds. The second kappa shape index (κ2) is 9.71. The predicted molar refractivity (Wildman–Crippen MR) is 90.0 cm³/mol. The minimum atomic E-state index is -2.81. The number of rotatable bonds is 6. The van der Waals surface area contributed by atoms with Gasteiger partial charge in [-0.05, 0) is 0 Å². The number of unbranched alkanes of at least 4 members (excludes halogenated alkanes) is 2. The molecule has 124 valence electrons. The maximum atomic E-state index is 6.54. The summed E-state index contributed by atoms with van der Waals surface area (Å²) in [6, 6.07) is 0. The van der Waals surface area contributed by atoms with E-state index < -0.39 is 19.2 Å². The Morgan fingerprint density at radius 2 is 1.14 bits per heavy atom. The SMILES string of the molecule is CCC[CH2][Sn]1([CH2]CCC)[O]CCN2CCN(CC[O]1)CC2. The van der Waals surface area contributed by atoms with E-state index in [0.29, 0.717) is 0 Å². The van der Waals surface area contributed by atoms with Crippen LogP contribution in [0.4, 0.5) is 0 Å². The van der Waals surface area contributed by atoms with Gasteiger partial charge < -0.3 is 0 Å². The zero-order valence-corrected chi connectivity index (χ0v) is 17.0. The van der Waals surface area contributed by atoms with Crippen molar-refractivity contribution >= 4 is 19.2 Å². The molecule has 2 bridgehead atoms. The fourth-order valence-corrected chi connectivity index (χ4v) is 13.6. The third-order valence-electron chi connectivity index (χ3n) is 4.83. The van der Waals surface area contributed by atoms with Gasteiger partial charge in [0.2, 0.25) is 0 Å². The number of piperazine rings is 1. The van der Waals surface area contributed by atoms with Crippen LogP contribution in [0.1, 0.15) is 39.5 Å². The third-order valence-corrected chi connectivity index (χ3v) is 15.4. The van der Waals surface area contributed by atoms with Gasteiger partial charge in [-0.15, -0.1) is 0 Å². The summed E-state index contributed by atoms with van der Waals surface area (Å²) in [5, 5.41) is 0. The molecule has 3 rings (SSSR count). The van der Waals surface area contributed by atoms with Crippen LogP contribution in [0, 0.1) is 0 Å². The monoisotopic (exact) mass is 406 g/mol. The number of hydrogen-bond donors (Lipinski definition) is 0. The first-order valence-corrected chi connectivity index (χ1v) is 15.4. The molecule has 0 aromatic heterocycles. The maximum absolute atomic E-state index is 6.54. The number of nitrogens with zero attached hydrogens (tertiary/aromatic N) is 2. The Bertz CT molecular complexity index is 255. The summed E-state index contributed by atoms with van der Waals surface area (Å²) < 4.78 is 15.6. The molecular formula is C16H34N2O2Sn. The molecule has 3 aliphatic heterocycles. The molecule has 5 heteroatoms. The average molecular weight is 405 g/mol. The molecule has 4 nitrogen and oxygen atoms in total. The van der Waals surface area contributed by atoms with Crippen LogP contribution in [-0.2, 0) is 6.15 Å². The average Bonchev–Trinajstić information content (AvgIpc) is 2.58. The quantitative estimate of drug-likeness (QED) is 0.635. The van der Waals surface area contributed by atoms with Crippen molar-refractivity contribution in [2.75, 3.05) is 52.5 Å². The first-order chi connectivity index (χ1) is 10.3. The summed E-state index contributed by atoms with van der Waals surface area (Å²) in [4.78, 5) is 5.14. The number of hydrogen-bond acceptors (Lipinski definition) is 4. The van der Waals surface area contributed by atoms with Crippen molar-refractivity contribution in [3.05, 3.63) is 0 Å². The molecule has 3 saturated heterocycles. The van der Waals surface area contributed by atoms with E-state index in [9.17, 15) is 0 Å². The van der Waals surface area contributed by atoms with E-state index in [2.05, 4.69) is 23.6 Å². The van der Waals surface area contributed by atoms with Gasteiger partial charge in [-0.3, -0.25) is 0 Å². The van der Waals surface area contributed by atoms with Crippen LogP contribution in [-0.4, -0.2) is 81.5 Å². The normalized spacial score (nSPS) is 30.0. The topological polar surface area (TPSA) is 24.9 Å². The van der Waals surface area contributed by atoms with Crippen molar-refractivity contribution in [1.82, 2.24) is 9.80 Å². The minimum absolute atomic E-state index is 0.906. The fraction of sp³-hybridized carbons (Fsp3) is 1.00. The second-order valence-electron chi connectivity index (χ2n) is 6.50. The van der Waals surface area contributed by atoms with Crippen LogP contribution in [0.25, 0.3) is 0 Å². The van der Waals surface area contributed by atoms with Gasteiger partial charge in [0.25, 0.3) is 0 Å². The summed E-state index contributed by atoms with van der Waals surface area (Å²) >= 11 is -2.81. The molecule has 0 aromatic carbocycles. The summed E-state index contributed by atoms with van der Waals surface area (Å²) in [6.45, 7) is 13.4. The summed E-state index contributed by atoms with van der Waals surface area (Å²) in [6.07, 6.45) is 5.09. The van der Waals surface area contributed by atoms with Crippen LogP contribution in [0.2, 0.25) is 8.87 Å². The van der Waals surface area contributed by atoms with Crippen LogP contribution >= 0.6 is 0 Å². The molecule has 3 heterocycles. The molecule has 0 saturated carbocycles. The van der Waals surface area contributed by atoms with Crippen molar-refractivity contribution in [3.63, 3.8) is 0 Å². The fourth-order valence-electron chi connectivity index (χ4n) is 3.31. The van der Waals surface area contributed by atoms with E-state index in [-0.39, 0.29) is 0 Å². The van der Waals surface area contributed by atoms with Gasteiger partial charge in [-0.1, -0.05) is 0 Å². The van der Waals surface area contributed by atoms with E-state index in [0.717, 1.165) is 26.3 Å². The molecule has 0 spiro atoms. The molecule has 0 aromatic rings. The number of fused-ring (bicyclic) bond motifs is 8. The van der Waals surface area contributed by atoms with Crippen molar-refractivity contribution in [1.29, 1.82) is 0 Å². The van der Waals surface area contributed by atoms with E-state index in [4.69, 9.17) is 6.15 Å². The Morgan fingerprint density at radius 3 is 1.52 bits per heavy atom. The van der Waals surface area contributed by atoms with Crippen molar-refractivity contribution in [2.24, 2.45) is 0 Å². The summed E-state index contributed by atoms with van der Waals surface area (Å²) in [7, 11) is 0. The van der Waals surface area contributed by atoms with Crippen molar-refractivity contribution < 1.29 is 6.15 Å². The Hall–Kier alpha value is 0.639. The van der Waals surface area contributed by atoms with E-state index >= 15 is 0 Å². The zero-order valence-electron chi connectivity index (χ0n) is 14.1. The third kappa shape index (κ3) is 5.98. The molecule has 3 aliphatic rings. The van der Waals surface area contributed by atoms with Crippen molar-refractivity contribution in [3.8, 4) is 0 Å². The molecule has 0 N–H and O–H groups in total. The zero-order chi connectivity index (χ0) is 15.0. The second-order valence-corrected chi connectivity index (χ2v) is 16.2. The Morgan fingerprint density at radius 1 is 0.714 bits per heavy atom. The summed E-state index contributed by atoms with van der Waals surface area (Å²) in [5.74, 6) is 0. The standard InChI is InChI=1S/C8H16N2O2.2C4H9.Sn/c11-7-5-9-1-2-10(4-3-9)6-8-12;2*1-3-4-2;/h1-8H2;2*1,3-4H2,2H3;/q-2;;;+2. The van der Waals surface area contributed by atoms with E-state index in [1.165, 1.54) is 60.7 Å². The van der Waals surface area contributed by atoms with Gasteiger partial charge in [-0.2, -0.15) is 0 Å². The predicted octanol–water partition coefficient (Wildman–Crippen LogP) is 2.69. The molecule has 0 radical (unpaired) electrons. The molecule has 0 atom stereocenters. The van der Waals surface area contributed by atoms with Crippen LogP contribution in [0.5, 0.6) is 0 Å². The molecule has 0 aliphatic carbocycles. The molecule has 0 unspecified atom stereocenters. The van der Waals surface area contributed by atoms with Crippen molar-refractivity contribution in [2.45, 2.75) is 48.4 Å². The molecular weight excluding hydrogens is 371 g/mol. The molecule has 21 heavy (non-hydrogen) atoms. The Balaban J connectivity index is 1.98. The van der Waals surface area contributed by atoms with Gasteiger partial charge >= 0.3 is 136 Å². The van der Waals surface area contributed by atoms with Gasteiger partial charge in [0.05, 0.1) is 0 Å². The summed E-state index contributed by atoms with van der Waals surface area (Å²) in [5.41, 5.74) is 0. The van der Waals surface area contributed by atoms with Gasteiger partial charge in [-0.25, -0.2) is 0 Å². The van der Waals surface area contributed by atoms with Gasteiger partial charge in [0.15, 0.2) is 0 Å². The first-order valence-electron chi connectivity index (χ1n) is 9.00. The van der Waals surface area contributed by atoms with E-state index in [1.807, 2.05) is 0 Å². The van der Waals surface area contributed by atoms with Crippen LogP contribution in [0.15, 0.2) is 0 Å². The van der Waals surface area contributed by atoms with Gasteiger partial charge in [0, 0.05) is 0 Å². The molecule has 3 fully saturated rings. The van der Waals surface area contributed by atoms with E-state index in [1.54, 1.807) is 0 Å². The van der Waals surface area contributed by atoms with Crippen LogP contribution < -0.4 is 0 Å².